The number of amides is 2. The molecule has 0 saturated carbocycles. The first kappa shape index (κ1) is 21.7. The van der Waals surface area contributed by atoms with Crippen LogP contribution in [0.15, 0.2) is 70.1 Å². The summed E-state index contributed by atoms with van der Waals surface area (Å²) in [5.74, 6) is 1.33. The number of thiazole rings is 1. The highest BCUT2D eigenvalue weighted by Crippen LogP contribution is 2.38. The summed E-state index contributed by atoms with van der Waals surface area (Å²) < 4.78 is 13.7. The van der Waals surface area contributed by atoms with E-state index in [1.54, 1.807) is 32.4 Å². The van der Waals surface area contributed by atoms with Gasteiger partial charge in [0.25, 0.3) is 0 Å². The molecule has 156 valence electrons. The minimum absolute atomic E-state index is 0.425. The van der Waals surface area contributed by atoms with E-state index < -0.39 is 6.03 Å². The topological polar surface area (TPSA) is 76.9 Å². The van der Waals surface area contributed by atoms with Gasteiger partial charge in [-0.25, -0.2) is 10.2 Å². The lowest BCUT2D eigenvalue weighted by atomic mass is 10.1. The summed E-state index contributed by atoms with van der Waals surface area (Å²) in [6.07, 6.45) is 1.77. The number of carbonyl (C=O) groups excluding carboxylic acids is 1. The number of anilines is 1. The van der Waals surface area contributed by atoms with Crippen LogP contribution < -0.4 is 25.0 Å². The molecule has 9 heteroatoms. The highest BCUT2D eigenvalue weighted by atomic mass is 79.9. The second kappa shape index (κ2) is 10.1. The van der Waals surface area contributed by atoms with E-state index in [1.165, 1.54) is 11.3 Å². The van der Waals surface area contributed by atoms with E-state index in [2.05, 4.69) is 38.4 Å². The van der Waals surface area contributed by atoms with Crippen molar-refractivity contribution in [3.8, 4) is 22.8 Å². The maximum Gasteiger partial charge on any atom is 0.339 e. The van der Waals surface area contributed by atoms with E-state index in [-0.39, 0.29) is 0 Å². The quantitative estimate of drug-likeness (QED) is 0.369. The third-order valence-corrected chi connectivity index (χ3v) is 5.63. The van der Waals surface area contributed by atoms with Crippen LogP contribution in [-0.4, -0.2) is 24.8 Å². The van der Waals surface area contributed by atoms with Gasteiger partial charge in [0.15, 0.2) is 0 Å². The van der Waals surface area contributed by atoms with Crippen LogP contribution in [0.4, 0.5) is 10.5 Å². The van der Waals surface area contributed by atoms with E-state index in [1.807, 2.05) is 40.3 Å². The van der Waals surface area contributed by atoms with Crippen LogP contribution in [-0.2, 0) is 6.54 Å². The Morgan fingerprint density at radius 2 is 1.97 bits per heavy atom. The molecule has 1 heterocycles. The molecule has 30 heavy (non-hydrogen) atoms. The van der Waals surface area contributed by atoms with Gasteiger partial charge >= 0.3 is 6.03 Å². The van der Waals surface area contributed by atoms with E-state index in [0.717, 1.165) is 15.7 Å². The van der Waals surface area contributed by atoms with Crippen LogP contribution in [0.1, 0.15) is 0 Å². The fourth-order valence-corrected chi connectivity index (χ4v) is 4.15. The number of halogens is 1. The molecule has 7 nitrogen and oxygen atoms in total. The second-order valence-electron chi connectivity index (χ2n) is 6.03. The number of ether oxygens (including phenoxy) is 2. The number of nitrogens with zero attached hydrogens (tertiary/aromatic N) is 2. The van der Waals surface area contributed by atoms with Gasteiger partial charge in [0, 0.05) is 29.2 Å². The van der Waals surface area contributed by atoms with Crippen LogP contribution >= 0.6 is 27.3 Å². The van der Waals surface area contributed by atoms with Crippen molar-refractivity contribution in [2.24, 2.45) is 5.10 Å². The highest BCUT2D eigenvalue weighted by Gasteiger charge is 2.16. The predicted octanol–water partition coefficient (Wildman–Crippen LogP) is 4.82. The number of rotatable bonds is 7. The molecule has 2 amide bonds. The Morgan fingerprint density at radius 3 is 2.63 bits per heavy atom. The van der Waals surface area contributed by atoms with Crippen LogP contribution in [0.25, 0.3) is 11.3 Å². The molecule has 0 aliphatic heterocycles. The summed E-state index contributed by atoms with van der Waals surface area (Å²) in [7, 11) is 3.21. The largest absolute Gasteiger partial charge is 0.496 e. The highest BCUT2D eigenvalue weighted by molar-refractivity contribution is 9.10. The van der Waals surface area contributed by atoms with Crippen LogP contribution in [0, 0.1) is 0 Å². The lowest BCUT2D eigenvalue weighted by molar-refractivity contribution is 0.252. The number of allylic oxidation sites excluding steroid dienone is 1. The number of carbonyl (C=O) groups is 1. The number of urea groups is 1. The molecule has 0 bridgehead atoms. The summed E-state index contributed by atoms with van der Waals surface area (Å²) in [4.78, 5) is 12.8. The summed E-state index contributed by atoms with van der Waals surface area (Å²) in [5.41, 5.74) is 4.96. The monoisotopic (exact) mass is 488 g/mol. The van der Waals surface area contributed by atoms with Gasteiger partial charge in [0.2, 0.25) is 4.80 Å². The Bertz CT molecular complexity index is 1110. The molecule has 0 aliphatic carbocycles. The van der Waals surface area contributed by atoms with Crippen LogP contribution in [0.2, 0.25) is 0 Å². The fourth-order valence-electron chi connectivity index (χ4n) is 2.78. The lowest BCUT2D eigenvalue weighted by Crippen LogP contribution is -2.28. The minimum atomic E-state index is -0.425. The molecule has 0 atom stereocenters. The van der Waals surface area contributed by atoms with E-state index >= 15 is 0 Å². The third kappa shape index (κ3) is 4.92. The first-order valence-corrected chi connectivity index (χ1v) is 10.6. The van der Waals surface area contributed by atoms with Gasteiger partial charge in [-0.2, -0.15) is 0 Å². The Kier molecular flexibility index (Phi) is 7.31. The van der Waals surface area contributed by atoms with E-state index in [4.69, 9.17) is 9.47 Å². The Balaban J connectivity index is 1.94. The molecule has 2 aromatic carbocycles. The molecule has 0 unspecified atom stereocenters. The van der Waals surface area contributed by atoms with E-state index in [0.29, 0.717) is 28.5 Å². The molecule has 0 fully saturated rings. The summed E-state index contributed by atoms with van der Waals surface area (Å²) >= 11 is 4.92. The maximum atomic E-state index is 12.2. The zero-order valence-electron chi connectivity index (χ0n) is 16.5. The predicted molar refractivity (Wildman–Crippen MR) is 123 cm³/mol. The van der Waals surface area contributed by atoms with Gasteiger partial charge in [-0.15, -0.1) is 23.0 Å². The van der Waals surface area contributed by atoms with Gasteiger partial charge < -0.3 is 19.4 Å². The van der Waals surface area contributed by atoms with Crippen molar-refractivity contribution in [1.82, 2.24) is 9.99 Å². The zero-order chi connectivity index (χ0) is 21.5. The Morgan fingerprint density at radius 1 is 1.23 bits per heavy atom. The molecule has 0 aliphatic rings. The minimum Gasteiger partial charge on any atom is -0.496 e. The Labute approximate surface area is 186 Å². The van der Waals surface area contributed by atoms with Crippen molar-refractivity contribution in [1.29, 1.82) is 0 Å². The van der Waals surface area contributed by atoms with Crippen molar-refractivity contribution in [3.63, 3.8) is 0 Å². The first-order valence-electron chi connectivity index (χ1n) is 8.94. The number of hydrogen-bond donors (Lipinski definition) is 2. The summed E-state index contributed by atoms with van der Waals surface area (Å²) in [6.45, 7) is 4.34. The Hall–Kier alpha value is -3.04. The van der Waals surface area contributed by atoms with E-state index in [9.17, 15) is 4.79 Å². The van der Waals surface area contributed by atoms with Crippen molar-refractivity contribution in [2.45, 2.75) is 6.54 Å². The molecule has 0 radical (unpaired) electrons. The third-order valence-electron chi connectivity index (χ3n) is 4.14. The smallest absolute Gasteiger partial charge is 0.339 e. The van der Waals surface area contributed by atoms with Gasteiger partial charge in [-0.05, 0) is 34.1 Å². The average molecular weight is 489 g/mol. The van der Waals surface area contributed by atoms with Crippen molar-refractivity contribution in [3.05, 3.63) is 69.8 Å². The van der Waals surface area contributed by atoms with Crippen LogP contribution in [0.5, 0.6) is 11.5 Å². The standard InChI is InChI=1S/C21H21BrN4O3S/c1-4-10-26-17(15-11-16(22)19(29-3)12-18(15)28-2)13-30-21(26)25-24-20(27)23-14-8-6-5-7-9-14/h4-9,11-13H,1,10H2,2-3H3,(H2,23,24,27)/b25-21+. The summed E-state index contributed by atoms with van der Waals surface area (Å²) in [6, 6.07) is 12.5. The number of para-hydroxylation sites is 1. The van der Waals surface area contributed by atoms with Crippen molar-refractivity contribution >= 4 is 39.0 Å². The fraction of sp³-hybridized carbons (Fsp3) is 0.143. The SMILES string of the molecule is C=CCn1c(-c2cc(Br)c(OC)cc2OC)cs/c1=N/NC(=O)Nc1ccccc1. The molecule has 2 N–H and O–H groups in total. The zero-order valence-corrected chi connectivity index (χ0v) is 18.9. The molecule has 3 aromatic rings. The normalized spacial score (nSPS) is 11.1. The van der Waals surface area contributed by atoms with Crippen LogP contribution in [0.3, 0.4) is 0 Å². The molecule has 0 saturated heterocycles. The number of benzene rings is 2. The van der Waals surface area contributed by atoms with Crippen molar-refractivity contribution in [2.75, 3.05) is 19.5 Å². The molecular formula is C21H21BrN4O3S. The molecule has 0 spiro atoms. The van der Waals surface area contributed by atoms with Crippen molar-refractivity contribution < 1.29 is 14.3 Å². The number of nitrogens with one attached hydrogen (secondary N) is 2. The summed E-state index contributed by atoms with van der Waals surface area (Å²) in [5, 5.41) is 8.96. The number of methoxy groups -OCH3 is 2. The number of hydrogen-bond acceptors (Lipinski definition) is 5. The lowest BCUT2D eigenvalue weighted by Gasteiger charge is -2.14. The van der Waals surface area contributed by atoms with Gasteiger partial charge in [-0.3, -0.25) is 0 Å². The van der Waals surface area contributed by atoms with Gasteiger partial charge in [-0.1, -0.05) is 24.3 Å². The second-order valence-corrected chi connectivity index (χ2v) is 7.72. The van der Waals surface area contributed by atoms with Gasteiger partial charge in [0.1, 0.15) is 11.5 Å². The molecular weight excluding hydrogens is 468 g/mol. The maximum absolute atomic E-state index is 12.2. The molecule has 3 rings (SSSR count). The van der Waals surface area contributed by atoms with Gasteiger partial charge in [0.05, 0.1) is 24.4 Å². The molecule has 1 aromatic heterocycles. The number of aromatic nitrogens is 1. The first-order chi connectivity index (χ1) is 14.6. The average Bonchev–Trinajstić information content (AvgIpc) is 3.15.